The van der Waals surface area contributed by atoms with E-state index < -0.39 is 0 Å². The van der Waals surface area contributed by atoms with Gasteiger partial charge in [-0.1, -0.05) is 109 Å². The number of para-hydroxylation sites is 1. The summed E-state index contributed by atoms with van der Waals surface area (Å²) in [7, 11) is 0. The Kier molecular flexibility index (Phi) is 6.46. The maximum absolute atomic E-state index is 6.63. The average Bonchev–Trinajstić information content (AvgIpc) is 3.88. The minimum absolute atomic E-state index is 0.152. The maximum Gasteiger partial charge on any atom is 0.136 e. The van der Waals surface area contributed by atoms with Gasteiger partial charge in [-0.15, -0.1) is 22.7 Å². The SMILES string of the molecule is c1ccc(C2NC(c3cc(-c4cccc5sc6ccccc6c45)c4c(c3)oc3ccccc34)=NC(c3ccc4c(c3)sc3ccccc34)N2)cc1. The van der Waals surface area contributed by atoms with E-state index in [2.05, 4.69) is 156 Å². The van der Waals surface area contributed by atoms with Crippen LogP contribution >= 0.6 is 22.7 Å². The fourth-order valence-corrected chi connectivity index (χ4v) is 10.1. The molecule has 0 saturated heterocycles. The standard InChI is InChI=1S/C45H29N3OS2/c1-2-11-26(12-3-1)43-46-44(27-21-22-30-29-13-5-8-18-37(29)51-40(30)25-27)48-45(47-43)28-23-34(41-32-14-4-7-17-35(32)49-36(41)24-28)31-16-10-20-39-42(31)33-15-6-9-19-38(33)50-39/h1-25,43-44,46H,(H,47,48). The normalized spacial score (nSPS) is 16.4. The molecule has 2 N–H and O–H groups in total. The van der Waals surface area contributed by atoms with Crippen molar-refractivity contribution in [2.75, 3.05) is 0 Å². The highest BCUT2D eigenvalue weighted by molar-refractivity contribution is 7.26. The van der Waals surface area contributed by atoms with E-state index in [-0.39, 0.29) is 12.3 Å². The van der Waals surface area contributed by atoms with Crippen molar-refractivity contribution in [3.63, 3.8) is 0 Å². The van der Waals surface area contributed by atoms with Crippen LogP contribution in [0.3, 0.4) is 0 Å². The molecule has 2 unspecified atom stereocenters. The number of aliphatic imine (C=N–C) groups is 1. The molecule has 2 atom stereocenters. The van der Waals surface area contributed by atoms with Gasteiger partial charge in [0, 0.05) is 56.7 Å². The van der Waals surface area contributed by atoms with Gasteiger partial charge in [0.2, 0.25) is 0 Å². The fraction of sp³-hybridized carbons (Fsp3) is 0.0444. The predicted octanol–water partition coefficient (Wildman–Crippen LogP) is 12.3. The summed E-state index contributed by atoms with van der Waals surface area (Å²) in [5, 5.41) is 15.0. The number of furan rings is 1. The first-order chi connectivity index (χ1) is 25.2. The molecule has 1 aliphatic heterocycles. The van der Waals surface area contributed by atoms with Crippen molar-refractivity contribution in [3.05, 3.63) is 168 Å². The van der Waals surface area contributed by atoms with Gasteiger partial charge in [0.25, 0.3) is 0 Å². The summed E-state index contributed by atoms with van der Waals surface area (Å²) in [4.78, 5) is 5.42. The van der Waals surface area contributed by atoms with E-state index in [1.807, 2.05) is 28.7 Å². The number of fused-ring (bicyclic) bond motifs is 9. The zero-order valence-electron chi connectivity index (χ0n) is 27.3. The summed E-state index contributed by atoms with van der Waals surface area (Å²) in [6, 6.07) is 54.2. The Hall–Kier alpha value is -5.79. The Morgan fingerprint density at radius 3 is 2.08 bits per heavy atom. The lowest BCUT2D eigenvalue weighted by molar-refractivity contribution is 0.409. The van der Waals surface area contributed by atoms with Crippen molar-refractivity contribution in [2.24, 2.45) is 4.99 Å². The minimum Gasteiger partial charge on any atom is -0.456 e. The van der Waals surface area contributed by atoms with Crippen molar-refractivity contribution >= 4 is 90.8 Å². The van der Waals surface area contributed by atoms with Crippen LogP contribution in [0.15, 0.2) is 161 Å². The second kappa shape index (κ2) is 11.4. The van der Waals surface area contributed by atoms with Gasteiger partial charge in [-0.25, -0.2) is 4.99 Å². The Balaban J connectivity index is 1.14. The molecule has 6 heteroatoms. The van der Waals surface area contributed by atoms with Gasteiger partial charge >= 0.3 is 0 Å². The predicted molar refractivity (Wildman–Crippen MR) is 216 cm³/mol. The van der Waals surface area contributed by atoms with Crippen molar-refractivity contribution in [2.45, 2.75) is 12.3 Å². The monoisotopic (exact) mass is 691 g/mol. The molecule has 0 bridgehead atoms. The molecule has 1 aliphatic rings. The average molecular weight is 692 g/mol. The van der Waals surface area contributed by atoms with Gasteiger partial charge in [0.15, 0.2) is 0 Å². The van der Waals surface area contributed by atoms with E-state index >= 15 is 0 Å². The van der Waals surface area contributed by atoms with Crippen LogP contribution in [-0.4, -0.2) is 5.84 Å². The molecule has 0 aliphatic carbocycles. The maximum atomic E-state index is 6.63. The highest BCUT2D eigenvalue weighted by Crippen LogP contribution is 2.45. The number of hydrogen-bond donors (Lipinski definition) is 2. The largest absolute Gasteiger partial charge is 0.456 e. The Morgan fingerprint density at radius 2 is 1.20 bits per heavy atom. The summed E-state index contributed by atoms with van der Waals surface area (Å²) >= 11 is 3.68. The number of benzene rings is 7. The Labute approximate surface area is 301 Å². The lowest BCUT2D eigenvalue weighted by atomic mass is 9.93. The summed E-state index contributed by atoms with van der Waals surface area (Å²) in [6.45, 7) is 0. The molecule has 4 heterocycles. The zero-order chi connectivity index (χ0) is 33.5. The smallest absolute Gasteiger partial charge is 0.136 e. The van der Waals surface area contributed by atoms with Gasteiger partial charge < -0.3 is 9.73 Å². The molecular formula is C45H29N3OS2. The number of hydrogen-bond acceptors (Lipinski definition) is 6. The molecule has 0 saturated carbocycles. The van der Waals surface area contributed by atoms with Crippen LogP contribution in [0, 0.1) is 0 Å². The van der Waals surface area contributed by atoms with Crippen LogP contribution < -0.4 is 10.6 Å². The summed E-state index contributed by atoms with van der Waals surface area (Å²) < 4.78 is 11.8. The summed E-state index contributed by atoms with van der Waals surface area (Å²) in [5.41, 5.74) is 7.34. The van der Waals surface area contributed by atoms with Crippen molar-refractivity contribution in [1.82, 2.24) is 10.6 Å². The molecule has 0 fully saturated rings. The summed E-state index contributed by atoms with van der Waals surface area (Å²) in [5.74, 6) is 0.829. The molecule has 242 valence electrons. The quantitative estimate of drug-likeness (QED) is 0.193. The topological polar surface area (TPSA) is 49.6 Å². The van der Waals surface area contributed by atoms with Crippen LogP contribution in [0.2, 0.25) is 0 Å². The lowest BCUT2D eigenvalue weighted by Gasteiger charge is -2.32. The molecule has 0 amide bonds. The van der Waals surface area contributed by atoms with E-state index in [1.165, 1.54) is 45.9 Å². The summed E-state index contributed by atoms with van der Waals surface area (Å²) in [6.07, 6.45) is -0.416. The third-order valence-electron chi connectivity index (χ3n) is 10.2. The van der Waals surface area contributed by atoms with Crippen LogP contribution in [0.1, 0.15) is 29.0 Å². The number of nitrogens with zero attached hydrogens (tertiary/aromatic N) is 1. The van der Waals surface area contributed by atoms with E-state index in [0.717, 1.165) is 50.0 Å². The molecule has 11 rings (SSSR count). The van der Waals surface area contributed by atoms with E-state index in [1.54, 1.807) is 0 Å². The van der Waals surface area contributed by atoms with Crippen molar-refractivity contribution < 1.29 is 4.42 Å². The lowest BCUT2D eigenvalue weighted by Crippen LogP contribution is -2.44. The number of nitrogens with one attached hydrogen (secondary N) is 2. The first-order valence-electron chi connectivity index (χ1n) is 17.2. The van der Waals surface area contributed by atoms with Crippen LogP contribution in [0.5, 0.6) is 0 Å². The van der Waals surface area contributed by atoms with Gasteiger partial charge in [0.05, 0.1) is 0 Å². The second-order valence-electron chi connectivity index (χ2n) is 13.2. The second-order valence-corrected chi connectivity index (χ2v) is 15.3. The minimum atomic E-state index is -0.264. The molecule has 10 aromatic rings. The van der Waals surface area contributed by atoms with Crippen LogP contribution in [-0.2, 0) is 0 Å². The molecular weight excluding hydrogens is 663 g/mol. The third kappa shape index (κ3) is 4.65. The molecule has 51 heavy (non-hydrogen) atoms. The van der Waals surface area contributed by atoms with Crippen LogP contribution in [0.4, 0.5) is 0 Å². The highest BCUT2D eigenvalue weighted by atomic mass is 32.1. The zero-order valence-corrected chi connectivity index (χ0v) is 28.9. The number of thiophene rings is 2. The van der Waals surface area contributed by atoms with Gasteiger partial charge in [0.1, 0.15) is 29.3 Å². The number of rotatable bonds is 4. The Morgan fingerprint density at radius 1 is 0.490 bits per heavy atom. The van der Waals surface area contributed by atoms with E-state index in [9.17, 15) is 0 Å². The number of amidine groups is 1. The van der Waals surface area contributed by atoms with Gasteiger partial charge in [-0.3, -0.25) is 5.32 Å². The van der Waals surface area contributed by atoms with E-state index in [4.69, 9.17) is 9.41 Å². The highest BCUT2D eigenvalue weighted by Gasteiger charge is 2.27. The fourth-order valence-electron chi connectivity index (χ4n) is 7.81. The molecule has 4 nitrogen and oxygen atoms in total. The molecule has 0 spiro atoms. The molecule has 0 radical (unpaired) electrons. The van der Waals surface area contributed by atoms with Gasteiger partial charge in [-0.2, -0.15) is 0 Å². The first-order valence-corrected chi connectivity index (χ1v) is 18.8. The van der Waals surface area contributed by atoms with Crippen LogP contribution in [0.25, 0.3) is 73.4 Å². The van der Waals surface area contributed by atoms with E-state index in [0.29, 0.717) is 0 Å². The van der Waals surface area contributed by atoms with Crippen molar-refractivity contribution in [3.8, 4) is 11.1 Å². The van der Waals surface area contributed by atoms with Crippen molar-refractivity contribution in [1.29, 1.82) is 0 Å². The molecule has 7 aromatic carbocycles. The first kappa shape index (κ1) is 29.0. The third-order valence-corrected chi connectivity index (χ3v) is 12.4. The Bertz CT molecular complexity index is 3010. The molecule has 3 aromatic heterocycles. The van der Waals surface area contributed by atoms with Gasteiger partial charge in [-0.05, 0) is 64.7 Å².